The lowest BCUT2D eigenvalue weighted by molar-refractivity contribution is -0.137. The van der Waals surface area contributed by atoms with Crippen molar-refractivity contribution in [1.82, 2.24) is 9.21 Å². The lowest BCUT2D eigenvalue weighted by Crippen LogP contribution is -2.36. The maximum Gasteiger partial charge on any atom is 0.416 e. The van der Waals surface area contributed by atoms with Gasteiger partial charge in [-0.2, -0.15) is 13.2 Å². The summed E-state index contributed by atoms with van der Waals surface area (Å²) < 4.78 is 40.7. The van der Waals surface area contributed by atoms with E-state index in [-0.39, 0.29) is 12.0 Å². The number of amides is 1. The topological polar surface area (TPSA) is 23.6 Å². The number of hydrogen-bond acceptors (Lipinski definition) is 3. The van der Waals surface area contributed by atoms with Crippen LogP contribution in [0.3, 0.4) is 0 Å². The first kappa shape index (κ1) is 22.2. The van der Waals surface area contributed by atoms with Gasteiger partial charge in [0, 0.05) is 36.5 Å². The lowest BCUT2D eigenvalue weighted by Gasteiger charge is -2.30. The fourth-order valence-electron chi connectivity index (χ4n) is 4.03. The Balaban J connectivity index is 1.43. The van der Waals surface area contributed by atoms with Gasteiger partial charge in [-0.15, -0.1) is 0 Å². The standard InChI is InChI=1S/C24H27F3N2OS/c1-3-29(16(2)17-6-9-21(10-7-17)24(25,26)27)31-22-11-8-20-15-28(13-12-19(20)14-22)23(30)18-4-5-18/h6-11,14,16,18H,3-5,12-13,15H2,1-2H3. The number of carbonyl (C=O) groups is 1. The van der Waals surface area contributed by atoms with Crippen LogP contribution in [-0.2, 0) is 23.9 Å². The molecule has 3 nitrogen and oxygen atoms in total. The number of halogens is 3. The molecule has 2 aromatic rings. The van der Waals surface area contributed by atoms with Crippen LogP contribution < -0.4 is 0 Å². The molecule has 7 heteroatoms. The second-order valence-corrected chi connectivity index (χ2v) is 9.46. The van der Waals surface area contributed by atoms with Crippen molar-refractivity contribution in [3.05, 3.63) is 64.7 Å². The molecule has 1 amide bonds. The van der Waals surface area contributed by atoms with Crippen LogP contribution in [0.15, 0.2) is 47.4 Å². The van der Waals surface area contributed by atoms with Crippen LogP contribution in [0.25, 0.3) is 0 Å². The van der Waals surface area contributed by atoms with Gasteiger partial charge < -0.3 is 4.90 Å². The van der Waals surface area contributed by atoms with E-state index < -0.39 is 11.7 Å². The lowest BCUT2D eigenvalue weighted by atomic mass is 9.99. The van der Waals surface area contributed by atoms with Crippen LogP contribution in [0.1, 0.15) is 55.0 Å². The monoisotopic (exact) mass is 448 g/mol. The molecule has 1 heterocycles. The molecule has 1 aliphatic heterocycles. The Labute approximate surface area is 185 Å². The van der Waals surface area contributed by atoms with Gasteiger partial charge in [0.1, 0.15) is 0 Å². The molecule has 0 N–H and O–H groups in total. The van der Waals surface area contributed by atoms with E-state index in [1.807, 2.05) is 18.7 Å². The first-order valence-corrected chi connectivity index (χ1v) is 11.6. The van der Waals surface area contributed by atoms with Crippen molar-refractivity contribution in [3.8, 4) is 0 Å². The molecule has 1 atom stereocenters. The Morgan fingerprint density at radius 3 is 2.48 bits per heavy atom. The maximum atomic E-state index is 12.8. The molecule has 1 unspecified atom stereocenters. The van der Waals surface area contributed by atoms with E-state index in [0.717, 1.165) is 54.9 Å². The number of benzene rings is 2. The molecule has 0 radical (unpaired) electrons. The van der Waals surface area contributed by atoms with Crippen molar-refractivity contribution in [2.75, 3.05) is 13.1 Å². The van der Waals surface area contributed by atoms with Crippen molar-refractivity contribution in [2.45, 2.75) is 56.8 Å². The van der Waals surface area contributed by atoms with E-state index in [2.05, 4.69) is 22.5 Å². The fourth-order valence-corrected chi connectivity index (χ4v) is 5.04. The van der Waals surface area contributed by atoms with Crippen LogP contribution >= 0.6 is 11.9 Å². The van der Waals surface area contributed by atoms with E-state index in [4.69, 9.17) is 0 Å². The van der Waals surface area contributed by atoms with Gasteiger partial charge in [0.15, 0.2) is 0 Å². The zero-order chi connectivity index (χ0) is 22.2. The highest BCUT2D eigenvalue weighted by atomic mass is 32.2. The minimum atomic E-state index is -4.32. The molecule has 0 spiro atoms. The Kier molecular flexibility index (Phi) is 6.35. The third-order valence-corrected chi connectivity index (χ3v) is 7.39. The average Bonchev–Trinajstić information content (AvgIpc) is 3.61. The molecule has 1 fully saturated rings. The quantitative estimate of drug-likeness (QED) is 0.500. The Morgan fingerprint density at radius 2 is 1.87 bits per heavy atom. The molecule has 2 aromatic carbocycles. The third kappa shape index (κ3) is 5.09. The first-order valence-electron chi connectivity index (χ1n) is 10.8. The summed E-state index contributed by atoms with van der Waals surface area (Å²) in [5.41, 5.74) is 2.73. The van der Waals surface area contributed by atoms with Gasteiger partial charge in [-0.3, -0.25) is 4.79 Å². The molecule has 31 heavy (non-hydrogen) atoms. The summed E-state index contributed by atoms with van der Waals surface area (Å²) >= 11 is 1.63. The smallest absolute Gasteiger partial charge is 0.338 e. The summed E-state index contributed by atoms with van der Waals surface area (Å²) in [6.07, 6.45) is -1.39. The summed E-state index contributed by atoms with van der Waals surface area (Å²) in [4.78, 5) is 15.5. The molecule has 0 aromatic heterocycles. The van der Waals surface area contributed by atoms with Gasteiger partial charge in [-0.05, 0) is 79.1 Å². The van der Waals surface area contributed by atoms with Crippen LogP contribution in [0, 0.1) is 5.92 Å². The third-order valence-electron chi connectivity index (χ3n) is 6.11. The Morgan fingerprint density at radius 1 is 1.16 bits per heavy atom. The molecule has 0 bridgehead atoms. The van der Waals surface area contributed by atoms with Crippen LogP contribution in [0.2, 0.25) is 0 Å². The molecule has 1 aliphatic carbocycles. The van der Waals surface area contributed by atoms with E-state index in [1.54, 1.807) is 24.1 Å². The van der Waals surface area contributed by atoms with E-state index >= 15 is 0 Å². The van der Waals surface area contributed by atoms with Crippen molar-refractivity contribution in [1.29, 1.82) is 0 Å². The largest absolute Gasteiger partial charge is 0.416 e. The first-order chi connectivity index (χ1) is 14.8. The number of rotatable bonds is 6. The average molecular weight is 449 g/mol. The Hall–Kier alpha value is -1.99. The highest BCUT2D eigenvalue weighted by Crippen LogP contribution is 2.36. The Bertz CT molecular complexity index is 941. The molecular weight excluding hydrogens is 421 g/mol. The molecule has 166 valence electrons. The molecule has 0 saturated heterocycles. The second kappa shape index (κ2) is 8.87. The van der Waals surface area contributed by atoms with Gasteiger partial charge >= 0.3 is 6.18 Å². The SMILES string of the molecule is CCN(Sc1ccc2c(c1)CCN(C(=O)C1CC1)C2)C(C)c1ccc(C(F)(F)F)cc1. The minimum Gasteiger partial charge on any atom is -0.338 e. The minimum absolute atomic E-state index is 0.0278. The van der Waals surface area contributed by atoms with Crippen LogP contribution in [0.4, 0.5) is 13.2 Å². The van der Waals surface area contributed by atoms with Gasteiger partial charge in [0.05, 0.1) is 5.56 Å². The van der Waals surface area contributed by atoms with Crippen LogP contribution in [0.5, 0.6) is 0 Å². The van der Waals surface area contributed by atoms with Crippen molar-refractivity contribution < 1.29 is 18.0 Å². The number of hydrogen-bond donors (Lipinski definition) is 0. The van der Waals surface area contributed by atoms with Gasteiger partial charge in [-0.1, -0.05) is 25.1 Å². The highest BCUT2D eigenvalue weighted by molar-refractivity contribution is 7.97. The number of nitrogens with zero attached hydrogens (tertiary/aromatic N) is 2. The summed E-state index contributed by atoms with van der Waals surface area (Å²) in [6.45, 7) is 6.28. The van der Waals surface area contributed by atoms with Gasteiger partial charge in [0.2, 0.25) is 5.91 Å². The summed E-state index contributed by atoms with van der Waals surface area (Å²) in [5.74, 6) is 0.549. The normalized spacial score (nSPS) is 17.5. The zero-order valence-corrected chi connectivity index (χ0v) is 18.6. The van der Waals surface area contributed by atoms with Gasteiger partial charge in [0.25, 0.3) is 0 Å². The second-order valence-electron chi connectivity index (χ2n) is 8.33. The molecular formula is C24H27F3N2OS. The number of fused-ring (bicyclic) bond motifs is 1. The van der Waals surface area contributed by atoms with E-state index in [0.29, 0.717) is 12.5 Å². The summed E-state index contributed by atoms with van der Waals surface area (Å²) in [7, 11) is 0. The molecule has 4 rings (SSSR count). The summed E-state index contributed by atoms with van der Waals surface area (Å²) in [5, 5.41) is 0. The number of alkyl halides is 3. The maximum absolute atomic E-state index is 12.8. The van der Waals surface area contributed by atoms with E-state index in [1.165, 1.54) is 11.1 Å². The van der Waals surface area contributed by atoms with Crippen molar-refractivity contribution in [2.24, 2.45) is 5.92 Å². The van der Waals surface area contributed by atoms with Crippen molar-refractivity contribution in [3.63, 3.8) is 0 Å². The predicted molar refractivity (Wildman–Crippen MR) is 116 cm³/mol. The van der Waals surface area contributed by atoms with Crippen molar-refractivity contribution >= 4 is 17.9 Å². The highest BCUT2D eigenvalue weighted by Gasteiger charge is 2.34. The molecule has 1 saturated carbocycles. The number of carbonyl (C=O) groups excluding carboxylic acids is 1. The predicted octanol–water partition coefficient (Wildman–Crippen LogP) is 6.09. The fraction of sp³-hybridized carbons (Fsp3) is 0.458. The van der Waals surface area contributed by atoms with Crippen LogP contribution in [-0.4, -0.2) is 28.2 Å². The van der Waals surface area contributed by atoms with E-state index in [9.17, 15) is 18.0 Å². The molecule has 2 aliphatic rings. The zero-order valence-electron chi connectivity index (χ0n) is 17.8. The summed E-state index contributed by atoms with van der Waals surface area (Å²) in [6, 6.07) is 11.8. The van der Waals surface area contributed by atoms with Gasteiger partial charge in [-0.25, -0.2) is 4.31 Å².